The summed E-state index contributed by atoms with van der Waals surface area (Å²) in [7, 11) is 0. The lowest BCUT2D eigenvalue weighted by molar-refractivity contribution is -0.375. The van der Waals surface area contributed by atoms with Gasteiger partial charge < -0.3 is 28.4 Å². The van der Waals surface area contributed by atoms with Crippen molar-refractivity contribution in [3.8, 4) is 0 Å². The minimum Gasteiger partial charge on any atom is -0.374 e. The summed E-state index contributed by atoms with van der Waals surface area (Å²) < 4.78 is 32.2. The maximum Gasteiger partial charge on any atom is 0.554 e. The van der Waals surface area contributed by atoms with Crippen LogP contribution in [0.3, 0.4) is 0 Å². The Morgan fingerprint density at radius 3 is 1.00 bits per heavy atom. The molecule has 0 fully saturated rings. The Labute approximate surface area is 192 Å². The van der Waals surface area contributed by atoms with Gasteiger partial charge in [0, 0.05) is 13.8 Å². The van der Waals surface area contributed by atoms with Crippen molar-refractivity contribution in [2.45, 2.75) is 105 Å². The Morgan fingerprint density at radius 1 is 0.531 bits per heavy atom. The zero-order valence-corrected chi connectivity index (χ0v) is 20.6. The molecule has 0 aliphatic carbocycles. The normalized spacial score (nSPS) is 11.8. The van der Waals surface area contributed by atoms with Crippen LogP contribution in [0.5, 0.6) is 0 Å². The quantitative estimate of drug-likeness (QED) is 0.0805. The molecule has 0 unspecified atom stereocenters. The van der Waals surface area contributed by atoms with Crippen molar-refractivity contribution in [3.63, 3.8) is 0 Å². The van der Waals surface area contributed by atoms with E-state index in [1.54, 1.807) is 0 Å². The molecule has 190 valence electrons. The molecule has 0 saturated carbocycles. The summed E-state index contributed by atoms with van der Waals surface area (Å²) in [4.78, 5) is 32.8. The van der Waals surface area contributed by atoms with E-state index in [0.29, 0.717) is 26.4 Å². The van der Waals surface area contributed by atoms with Crippen LogP contribution in [-0.4, -0.2) is 50.7 Å². The van der Waals surface area contributed by atoms with E-state index in [4.69, 9.17) is 28.4 Å². The van der Waals surface area contributed by atoms with E-state index in [2.05, 4.69) is 9.78 Å². The summed E-state index contributed by atoms with van der Waals surface area (Å²) in [6.45, 7) is 12.2. The van der Waals surface area contributed by atoms with Crippen LogP contribution >= 0.6 is 0 Å². The van der Waals surface area contributed by atoms with E-state index in [1.165, 1.54) is 13.8 Å². The van der Waals surface area contributed by atoms with Gasteiger partial charge in [-0.25, -0.2) is 0 Å². The Morgan fingerprint density at radius 2 is 0.781 bits per heavy atom. The number of carbonyl (C=O) groups is 2. The van der Waals surface area contributed by atoms with Crippen LogP contribution in [-0.2, 0) is 38.2 Å². The number of hydrogen-bond acceptors (Lipinski definition) is 10. The molecule has 0 atom stereocenters. The molecule has 0 aliphatic heterocycles. The molecule has 0 aliphatic rings. The molecule has 0 N–H and O–H groups in total. The third-order valence-electron chi connectivity index (χ3n) is 4.16. The van der Waals surface area contributed by atoms with Gasteiger partial charge in [0.05, 0.1) is 26.4 Å². The first-order chi connectivity index (χ1) is 15.2. The van der Waals surface area contributed by atoms with Crippen LogP contribution in [0.4, 0.5) is 9.59 Å². The Balaban J connectivity index is 4.72. The highest BCUT2D eigenvalue weighted by Gasteiger charge is 2.35. The fourth-order valence-electron chi connectivity index (χ4n) is 2.21. The summed E-state index contributed by atoms with van der Waals surface area (Å²) in [5, 5.41) is 0. The predicted octanol–water partition coefficient (Wildman–Crippen LogP) is 5.82. The molecule has 0 aromatic carbocycles. The summed E-state index contributed by atoms with van der Waals surface area (Å²) in [6.07, 6.45) is 3.94. The second-order valence-electron chi connectivity index (χ2n) is 7.40. The van der Waals surface area contributed by atoms with Gasteiger partial charge in [0.1, 0.15) is 0 Å². The Kier molecular flexibility index (Phi) is 17.0. The maximum absolute atomic E-state index is 12.0. The van der Waals surface area contributed by atoms with Gasteiger partial charge >= 0.3 is 24.3 Å². The smallest absolute Gasteiger partial charge is 0.374 e. The van der Waals surface area contributed by atoms with Gasteiger partial charge in [0.25, 0.3) is 0 Å². The van der Waals surface area contributed by atoms with Crippen LogP contribution in [0.1, 0.15) is 92.9 Å². The van der Waals surface area contributed by atoms with Crippen molar-refractivity contribution in [3.05, 3.63) is 0 Å². The lowest BCUT2D eigenvalue weighted by Gasteiger charge is -2.29. The standard InChI is InChI=1S/C22H42O10/c1-7-11-15-25-21(5,26-16-12-8-2)29-19(23)31-32-20(24)30-22(6,27-17-13-9-3)28-18-14-10-4/h7-18H2,1-6H3. The number of rotatable bonds is 18. The highest BCUT2D eigenvalue weighted by Crippen LogP contribution is 2.19. The minimum absolute atomic E-state index is 0.317. The molecule has 0 aromatic rings. The Hall–Kier alpha value is -1.62. The number of hydrogen-bond donors (Lipinski definition) is 0. The van der Waals surface area contributed by atoms with E-state index < -0.39 is 24.3 Å². The minimum atomic E-state index is -1.67. The SMILES string of the molecule is CCCCOC(C)(OCCCC)OC(=O)OOC(=O)OC(C)(OCCCC)OCCCC. The molecule has 10 nitrogen and oxygen atoms in total. The van der Waals surface area contributed by atoms with Gasteiger partial charge in [-0.15, -0.1) is 0 Å². The molecule has 0 aromatic heterocycles. The molecule has 0 saturated heterocycles. The van der Waals surface area contributed by atoms with Crippen molar-refractivity contribution in [1.29, 1.82) is 0 Å². The van der Waals surface area contributed by atoms with E-state index in [1.807, 2.05) is 27.7 Å². The molecular weight excluding hydrogens is 424 g/mol. The lowest BCUT2D eigenvalue weighted by atomic mass is 10.3. The van der Waals surface area contributed by atoms with Gasteiger partial charge in [0.15, 0.2) is 0 Å². The van der Waals surface area contributed by atoms with Crippen molar-refractivity contribution in [2.75, 3.05) is 26.4 Å². The summed E-state index contributed by atoms with van der Waals surface area (Å²) >= 11 is 0. The van der Waals surface area contributed by atoms with Gasteiger partial charge in [-0.2, -0.15) is 19.4 Å². The zero-order chi connectivity index (χ0) is 24.3. The first kappa shape index (κ1) is 30.4. The maximum atomic E-state index is 12.0. The van der Waals surface area contributed by atoms with E-state index in [0.717, 1.165) is 51.4 Å². The fourth-order valence-corrected chi connectivity index (χ4v) is 2.21. The highest BCUT2D eigenvalue weighted by molar-refractivity contribution is 5.63. The van der Waals surface area contributed by atoms with Crippen molar-refractivity contribution >= 4 is 12.3 Å². The molecule has 10 heteroatoms. The average Bonchev–Trinajstić information content (AvgIpc) is 2.73. The van der Waals surface area contributed by atoms with Crippen LogP contribution in [0.25, 0.3) is 0 Å². The molecule has 0 spiro atoms. The van der Waals surface area contributed by atoms with Crippen molar-refractivity contribution in [2.24, 2.45) is 0 Å². The largest absolute Gasteiger partial charge is 0.554 e. The van der Waals surface area contributed by atoms with E-state index in [-0.39, 0.29) is 0 Å². The third-order valence-corrected chi connectivity index (χ3v) is 4.16. The first-order valence-electron chi connectivity index (χ1n) is 11.6. The molecule has 0 heterocycles. The van der Waals surface area contributed by atoms with E-state index in [9.17, 15) is 9.59 Å². The summed E-state index contributed by atoms with van der Waals surface area (Å²) in [5.41, 5.74) is 0. The fraction of sp³-hybridized carbons (Fsp3) is 0.909. The molecule has 32 heavy (non-hydrogen) atoms. The van der Waals surface area contributed by atoms with E-state index >= 15 is 0 Å². The highest BCUT2D eigenvalue weighted by atomic mass is 17.3. The monoisotopic (exact) mass is 466 g/mol. The number of ether oxygens (including phenoxy) is 6. The van der Waals surface area contributed by atoms with Crippen LogP contribution < -0.4 is 0 Å². The first-order valence-corrected chi connectivity index (χ1v) is 11.6. The third kappa shape index (κ3) is 15.2. The molecule has 0 bridgehead atoms. The number of unbranched alkanes of at least 4 members (excludes halogenated alkanes) is 4. The summed E-state index contributed by atoms with van der Waals surface area (Å²) in [5.74, 6) is -3.34. The van der Waals surface area contributed by atoms with Gasteiger partial charge in [-0.05, 0) is 25.7 Å². The Bertz CT molecular complexity index is 433. The van der Waals surface area contributed by atoms with Crippen LogP contribution in [0, 0.1) is 0 Å². The number of carbonyl (C=O) groups excluding carboxylic acids is 2. The molecule has 0 amide bonds. The zero-order valence-electron chi connectivity index (χ0n) is 20.6. The molecule has 0 radical (unpaired) electrons. The average molecular weight is 467 g/mol. The lowest BCUT2D eigenvalue weighted by Crippen LogP contribution is -2.40. The molecular formula is C22H42O10. The van der Waals surface area contributed by atoms with Gasteiger partial charge in [-0.3, -0.25) is 0 Å². The summed E-state index contributed by atoms with van der Waals surface area (Å²) in [6, 6.07) is 0. The van der Waals surface area contributed by atoms with Crippen molar-refractivity contribution in [1.82, 2.24) is 0 Å². The van der Waals surface area contributed by atoms with Crippen LogP contribution in [0.2, 0.25) is 0 Å². The second kappa shape index (κ2) is 17.9. The predicted molar refractivity (Wildman–Crippen MR) is 115 cm³/mol. The van der Waals surface area contributed by atoms with Crippen molar-refractivity contribution < 1.29 is 47.8 Å². The van der Waals surface area contributed by atoms with Gasteiger partial charge in [-0.1, -0.05) is 53.4 Å². The molecule has 0 rings (SSSR count). The van der Waals surface area contributed by atoms with Crippen LogP contribution in [0.15, 0.2) is 0 Å². The topological polar surface area (TPSA) is 108 Å². The second-order valence-corrected chi connectivity index (χ2v) is 7.40. The van der Waals surface area contributed by atoms with Gasteiger partial charge in [0.2, 0.25) is 0 Å².